The predicted octanol–water partition coefficient (Wildman–Crippen LogP) is 4.21. The molecule has 4 fully saturated rings. The van der Waals surface area contributed by atoms with Gasteiger partial charge in [-0.1, -0.05) is 87.0 Å². The van der Waals surface area contributed by atoms with Gasteiger partial charge < -0.3 is 26.2 Å². The average molecular weight is 738 g/mol. The maximum absolute atomic E-state index is 14.9. The van der Waals surface area contributed by atoms with Crippen LogP contribution < -0.4 is 21.3 Å². The molecule has 6 atom stereocenters. The maximum Gasteiger partial charge on any atom is 0.289 e. The number of H-pyrrole nitrogens is 1. The standard InChI is InChI=1S/C40H63N7O6/c1-8-14-26(32(48)37(52)41-25-19-20-25)42-35(50)29-21-24-17-12-13-18-28(24)47(29)38(53)33(40(5,6)7)44-36(51)31(23-15-10-9-11-16-23)43-34(49)27-22-30(46-45-27)39(2,3)4/h22-26,28-29,31,33H,8-21H2,1-7H3,(H,41,52)(H,42,50)(H,43,49)(H,44,51)(H,45,46)/t24?,26-,28?,29-,31-,33+/m0/s1. The first-order valence-electron chi connectivity index (χ1n) is 20.1. The molecule has 0 spiro atoms. The normalized spacial score (nSPS) is 24.0. The molecule has 53 heavy (non-hydrogen) atoms. The quantitative estimate of drug-likeness (QED) is 0.188. The molecule has 4 aliphatic rings. The van der Waals surface area contributed by atoms with Crippen LogP contribution in [0.3, 0.4) is 0 Å². The third kappa shape index (κ3) is 9.86. The highest BCUT2D eigenvalue weighted by atomic mass is 16.2. The van der Waals surface area contributed by atoms with Gasteiger partial charge in [-0.15, -0.1) is 0 Å². The van der Waals surface area contributed by atoms with Gasteiger partial charge in [-0.2, -0.15) is 5.10 Å². The Morgan fingerprint density at radius 2 is 1.53 bits per heavy atom. The van der Waals surface area contributed by atoms with Crippen molar-refractivity contribution < 1.29 is 28.8 Å². The maximum atomic E-state index is 14.9. The topological polar surface area (TPSA) is 182 Å². The third-order valence-electron chi connectivity index (χ3n) is 11.7. The first-order valence-corrected chi connectivity index (χ1v) is 20.1. The lowest BCUT2D eigenvalue weighted by atomic mass is 9.81. The van der Waals surface area contributed by atoms with Crippen molar-refractivity contribution in [2.75, 3.05) is 0 Å². The van der Waals surface area contributed by atoms with E-state index in [1.54, 1.807) is 11.0 Å². The number of nitrogens with zero attached hydrogens (tertiary/aromatic N) is 2. The van der Waals surface area contributed by atoms with Gasteiger partial charge in [-0.05, 0) is 74.7 Å². The van der Waals surface area contributed by atoms with Crippen molar-refractivity contribution in [3.05, 3.63) is 17.5 Å². The van der Waals surface area contributed by atoms with Crippen molar-refractivity contribution in [1.29, 1.82) is 0 Å². The Hall–Kier alpha value is -3.77. The summed E-state index contributed by atoms with van der Waals surface area (Å²) in [5, 5.41) is 18.9. The van der Waals surface area contributed by atoms with Gasteiger partial charge in [0.05, 0.1) is 6.04 Å². The summed E-state index contributed by atoms with van der Waals surface area (Å²) in [6, 6.07) is -2.17. The summed E-state index contributed by atoms with van der Waals surface area (Å²) < 4.78 is 0. The minimum Gasteiger partial charge on any atom is -0.347 e. The van der Waals surface area contributed by atoms with Gasteiger partial charge >= 0.3 is 0 Å². The first kappa shape index (κ1) is 40.4. The van der Waals surface area contributed by atoms with E-state index in [4.69, 9.17) is 0 Å². The van der Waals surface area contributed by atoms with Crippen LogP contribution in [0.2, 0.25) is 0 Å². The highest BCUT2D eigenvalue weighted by molar-refractivity contribution is 6.38. The number of likely N-dealkylation sites (tertiary alicyclic amines) is 1. The molecular weight excluding hydrogens is 674 g/mol. The lowest BCUT2D eigenvalue weighted by molar-refractivity contribution is -0.147. The van der Waals surface area contributed by atoms with Gasteiger partial charge in [0.25, 0.3) is 11.8 Å². The van der Waals surface area contributed by atoms with Gasteiger partial charge in [0.15, 0.2) is 0 Å². The van der Waals surface area contributed by atoms with E-state index in [0.717, 1.165) is 76.3 Å². The minimum atomic E-state index is -0.996. The first-order chi connectivity index (χ1) is 25.0. The van der Waals surface area contributed by atoms with Crippen LogP contribution in [0.5, 0.6) is 0 Å². The summed E-state index contributed by atoms with van der Waals surface area (Å²) in [4.78, 5) is 84.6. The Morgan fingerprint density at radius 1 is 0.868 bits per heavy atom. The Bertz CT molecular complexity index is 1520. The van der Waals surface area contributed by atoms with E-state index in [1.165, 1.54) is 0 Å². The molecule has 1 aromatic rings. The zero-order valence-electron chi connectivity index (χ0n) is 32.9. The van der Waals surface area contributed by atoms with Crippen molar-refractivity contribution in [3.8, 4) is 0 Å². The van der Waals surface area contributed by atoms with Crippen LogP contribution in [0.15, 0.2) is 6.07 Å². The second kappa shape index (κ2) is 16.7. The molecule has 1 saturated heterocycles. The minimum absolute atomic E-state index is 0.0118. The zero-order valence-corrected chi connectivity index (χ0v) is 32.9. The van der Waals surface area contributed by atoms with Crippen molar-refractivity contribution in [1.82, 2.24) is 36.4 Å². The molecule has 1 aliphatic heterocycles. The number of aromatic nitrogens is 2. The Balaban J connectivity index is 1.38. The van der Waals surface area contributed by atoms with Crippen LogP contribution in [-0.4, -0.2) is 86.7 Å². The number of ketones is 1. The van der Waals surface area contributed by atoms with E-state index in [0.29, 0.717) is 19.3 Å². The van der Waals surface area contributed by atoms with Crippen molar-refractivity contribution in [3.63, 3.8) is 0 Å². The number of carbonyl (C=O) groups is 6. The number of aromatic amines is 1. The van der Waals surface area contributed by atoms with E-state index in [2.05, 4.69) is 31.5 Å². The van der Waals surface area contributed by atoms with Crippen molar-refractivity contribution in [2.24, 2.45) is 17.3 Å². The smallest absolute Gasteiger partial charge is 0.289 e. The van der Waals surface area contributed by atoms with Crippen molar-refractivity contribution in [2.45, 2.75) is 180 Å². The van der Waals surface area contributed by atoms with Gasteiger partial charge in [0.2, 0.25) is 23.5 Å². The fraction of sp³-hybridized carbons (Fsp3) is 0.775. The average Bonchev–Trinajstić information content (AvgIpc) is 3.60. The summed E-state index contributed by atoms with van der Waals surface area (Å²) in [5.74, 6) is -3.02. The molecule has 13 heteroatoms. The Kier molecular flexibility index (Phi) is 12.7. The lowest BCUT2D eigenvalue weighted by Gasteiger charge is -2.40. The molecule has 0 aromatic carbocycles. The zero-order chi connectivity index (χ0) is 38.7. The molecule has 13 nitrogen and oxygen atoms in total. The van der Waals surface area contributed by atoms with E-state index < -0.39 is 59.0 Å². The molecule has 5 rings (SSSR count). The van der Waals surface area contributed by atoms with Crippen LogP contribution in [0.4, 0.5) is 0 Å². The molecule has 294 valence electrons. The molecule has 0 bridgehead atoms. The molecule has 5 amide bonds. The second-order valence-corrected chi connectivity index (χ2v) is 18.1. The number of Topliss-reactive ketones (excluding diaryl/α,β-unsaturated/α-hetero) is 1. The van der Waals surface area contributed by atoms with Crippen LogP contribution in [0, 0.1) is 17.3 Å². The molecule has 3 saturated carbocycles. The lowest BCUT2D eigenvalue weighted by Crippen LogP contribution is -2.63. The molecule has 2 unspecified atom stereocenters. The fourth-order valence-corrected chi connectivity index (χ4v) is 8.41. The molecule has 2 heterocycles. The largest absolute Gasteiger partial charge is 0.347 e. The van der Waals surface area contributed by atoms with Gasteiger partial charge in [0, 0.05) is 23.2 Å². The number of nitrogens with one attached hydrogen (secondary N) is 5. The number of carbonyl (C=O) groups excluding carboxylic acids is 6. The van der Waals surface area contributed by atoms with E-state index in [9.17, 15) is 28.8 Å². The molecule has 5 N–H and O–H groups in total. The highest BCUT2D eigenvalue weighted by Gasteiger charge is 2.51. The summed E-state index contributed by atoms with van der Waals surface area (Å²) >= 11 is 0. The molecule has 1 aromatic heterocycles. The molecule has 0 radical (unpaired) electrons. The van der Waals surface area contributed by atoms with Crippen LogP contribution >= 0.6 is 0 Å². The monoisotopic (exact) mass is 737 g/mol. The van der Waals surface area contributed by atoms with Crippen LogP contribution in [0.25, 0.3) is 0 Å². The van der Waals surface area contributed by atoms with E-state index >= 15 is 0 Å². The SMILES string of the molecule is CCC[C@H](NC(=O)[C@@H]1CC2CCCCC2N1C(=O)[C@@H](NC(=O)[C@@H](NC(=O)c1cc(C(C)(C)C)[nH]n1)C1CCCCC1)C(C)(C)C)C(=O)C(=O)NC1CC1. The summed E-state index contributed by atoms with van der Waals surface area (Å²) in [6.45, 7) is 13.6. The number of hydrogen-bond donors (Lipinski definition) is 5. The Morgan fingerprint density at radius 3 is 2.13 bits per heavy atom. The predicted molar refractivity (Wildman–Crippen MR) is 201 cm³/mol. The number of amides is 5. The van der Waals surface area contributed by atoms with E-state index in [-0.39, 0.29) is 40.9 Å². The van der Waals surface area contributed by atoms with E-state index in [1.807, 2.05) is 48.5 Å². The molecule has 3 aliphatic carbocycles. The highest BCUT2D eigenvalue weighted by Crippen LogP contribution is 2.41. The summed E-state index contributed by atoms with van der Waals surface area (Å²) in [5.41, 5.74) is 0.0145. The number of hydrogen-bond acceptors (Lipinski definition) is 7. The number of rotatable bonds is 13. The van der Waals surface area contributed by atoms with Crippen molar-refractivity contribution >= 4 is 35.3 Å². The van der Waals surface area contributed by atoms with Gasteiger partial charge in [-0.25, -0.2) is 0 Å². The van der Waals surface area contributed by atoms with Crippen LogP contribution in [-0.2, 0) is 29.4 Å². The van der Waals surface area contributed by atoms with Gasteiger partial charge in [-0.3, -0.25) is 33.9 Å². The Labute approximate surface area is 314 Å². The van der Waals surface area contributed by atoms with Crippen LogP contribution in [0.1, 0.15) is 155 Å². The fourth-order valence-electron chi connectivity index (χ4n) is 8.41. The van der Waals surface area contributed by atoms with Gasteiger partial charge in [0.1, 0.15) is 23.8 Å². The molecular formula is C40H63N7O6. The second-order valence-electron chi connectivity index (χ2n) is 18.1. The third-order valence-corrected chi connectivity index (χ3v) is 11.7. The summed E-state index contributed by atoms with van der Waals surface area (Å²) in [7, 11) is 0. The summed E-state index contributed by atoms with van der Waals surface area (Å²) in [6.07, 6.45) is 11.1. The number of fused-ring (bicyclic) bond motifs is 1.